The third-order valence-corrected chi connectivity index (χ3v) is 3.74. The van der Waals surface area contributed by atoms with Gasteiger partial charge >= 0.3 is 0 Å². The van der Waals surface area contributed by atoms with E-state index < -0.39 is 0 Å². The second-order valence-corrected chi connectivity index (χ2v) is 5.47. The zero-order valence-electron chi connectivity index (χ0n) is 11.4. The molecule has 1 aliphatic rings. The standard InChI is InChI=1S/C14H20N2O3/c1-14(4-7-19-8-5-14)10-15-13(18)11-3-6-16(2)12(17)9-11/h3,6,9H,4-5,7-8,10H2,1-2H3,(H,15,18). The van der Waals surface area contributed by atoms with Crippen LogP contribution < -0.4 is 10.9 Å². The van der Waals surface area contributed by atoms with Gasteiger partial charge in [0.05, 0.1) is 0 Å². The van der Waals surface area contributed by atoms with Gasteiger partial charge in [0.2, 0.25) is 0 Å². The van der Waals surface area contributed by atoms with Gasteiger partial charge in [0, 0.05) is 44.6 Å². The van der Waals surface area contributed by atoms with E-state index in [9.17, 15) is 9.59 Å². The molecule has 5 nitrogen and oxygen atoms in total. The molecule has 1 saturated heterocycles. The van der Waals surface area contributed by atoms with Gasteiger partial charge < -0.3 is 14.6 Å². The number of aryl methyl sites for hydroxylation is 1. The van der Waals surface area contributed by atoms with Crippen molar-refractivity contribution in [1.29, 1.82) is 0 Å². The van der Waals surface area contributed by atoms with E-state index in [2.05, 4.69) is 12.2 Å². The van der Waals surface area contributed by atoms with Gasteiger partial charge in [0.15, 0.2) is 0 Å². The number of rotatable bonds is 3. The normalized spacial score (nSPS) is 18.0. The molecule has 0 radical (unpaired) electrons. The molecule has 0 saturated carbocycles. The Morgan fingerprint density at radius 3 is 2.79 bits per heavy atom. The lowest BCUT2D eigenvalue weighted by molar-refractivity contribution is 0.0238. The summed E-state index contributed by atoms with van der Waals surface area (Å²) in [5.74, 6) is -0.189. The molecule has 0 spiro atoms. The van der Waals surface area contributed by atoms with Gasteiger partial charge in [0.25, 0.3) is 11.5 Å². The number of carbonyl (C=O) groups is 1. The van der Waals surface area contributed by atoms with E-state index in [1.165, 1.54) is 10.6 Å². The molecule has 0 aromatic carbocycles. The summed E-state index contributed by atoms with van der Waals surface area (Å²) < 4.78 is 6.77. The van der Waals surface area contributed by atoms with Crippen LogP contribution in [0.25, 0.3) is 0 Å². The molecule has 0 bridgehead atoms. The highest BCUT2D eigenvalue weighted by Gasteiger charge is 2.27. The van der Waals surface area contributed by atoms with E-state index in [-0.39, 0.29) is 16.9 Å². The maximum atomic E-state index is 12.0. The van der Waals surface area contributed by atoms with E-state index in [0.29, 0.717) is 12.1 Å². The van der Waals surface area contributed by atoms with Gasteiger partial charge in [-0.05, 0) is 24.3 Å². The lowest BCUT2D eigenvalue weighted by Crippen LogP contribution is -2.39. The Balaban J connectivity index is 1.97. The first kappa shape index (κ1) is 13.8. The Hall–Kier alpha value is -1.62. The predicted molar refractivity (Wildman–Crippen MR) is 72.2 cm³/mol. The molecular formula is C14H20N2O3. The topological polar surface area (TPSA) is 60.3 Å². The summed E-state index contributed by atoms with van der Waals surface area (Å²) in [7, 11) is 1.66. The van der Waals surface area contributed by atoms with Crippen LogP contribution in [0.5, 0.6) is 0 Å². The Morgan fingerprint density at radius 1 is 1.47 bits per heavy atom. The van der Waals surface area contributed by atoms with Gasteiger partial charge in [-0.1, -0.05) is 6.92 Å². The number of aromatic nitrogens is 1. The van der Waals surface area contributed by atoms with Crippen LogP contribution in [0, 0.1) is 5.41 Å². The second kappa shape index (κ2) is 5.57. The Morgan fingerprint density at radius 2 is 2.16 bits per heavy atom. The maximum absolute atomic E-state index is 12.0. The first-order valence-corrected chi connectivity index (χ1v) is 6.53. The van der Waals surface area contributed by atoms with Crippen molar-refractivity contribution < 1.29 is 9.53 Å². The van der Waals surface area contributed by atoms with Crippen molar-refractivity contribution in [3.05, 3.63) is 34.2 Å². The highest BCUT2D eigenvalue weighted by atomic mass is 16.5. The van der Waals surface area contributed by atoms with Crippen LogP contribution in [-0.2, 0) is 11.8 Å². The van der Waals surface area contributed by atoms with E-state index in [0.717, 1.165) is 26.1 Å². The van der Waals surface area contributed by atoms with Crippen molar-refractivity contribution in [2.45, 2.75) is 19.8 Å². The zero-order valence-corrected chi connectivity index (χ0v) is 11.4. The zero-order chi connectivity index (χ0) is 13.9. The van der Waals surface area contributed by atoms with Crippen LogP contribution in [0.4, 0.5) is 0 Å². The summed E-state index contributed by atoms with van der Waals surface area (Å²) in [6.07, 6.45) is 3.50. The van der Waals surface area contributed by atoms with E-state index >= 15 is 0 Å². The fourth-order valence-electron chi connectivity index (χ4n) is 2.13. The number of ether oxygens (including phenoxy) is 1. The molecule has 5 heteroatoms. The lowest BCUT2D eigenvalue weighted by Gasteiger charge is -2.33. The maximum Gasteiger partial charge on any atom is 0.251 e. The number of nitrogens with zero attached hydrogens (tertiary/aromatic N) is 1. The first-order chi connectivity index (χ1) is 9.00. The molecule has 1 N–H and O–H groups in total. The molecule has 1 fully saturated rings. The first-order valence-electron chi connectivity index (χ1n) is 6.53. The van der Waals surface area contributed by atoms with Crippen LogP contribution in [0.1, 0.15) is 30.1 Å². The van der Waals surface area contributed by atoms with Crippen molar-refractivity contribution in [3.8, 4) is 0 Å². The molecule has 0 unspecified atom stereocenters. The molecular weight excluding hydrogens is 244 g/mol. The average molecular weight is 264 g/mol. The minimum absolute atomic E-state index is 0.0909. The third kappa shape index (κ3) is 3.44. The van der Waals surface area contributed by atoms with Crippen LogP contribution >= 0.6 is 0 Å². The monoisotopic (exact) mass is 264 g/mol. The van der Waals surface area contributed by atoms with Crippen LogP contribution in [0.15, 0.2) is 23.1 Å². The van der Waals surface area contributed by atoms with Gasteiger partial charge in [-0.15, -0.1) is 0 Å². The van der Waals surface area contributed by atoms with Crippen LogP contribution in [0.2, 0.25) is 0 Å². The molecule has 2 rings (SSSR count). The summed E-state index contributed by atoms with van der Waals surface area (Å²) >= 11 is 0. The summed E-state index contributed by atoms with van der Waals surface area (Å²) in [6, 6.07) is 3.02. The molecule has 1 aromatic heterocycles. The highest BCUT2D eigenvalue weighted by Crippen LogP contribution is 2.28. The van der Waals surface area contributed by atoms with E-state index in [1.54, 1.807) is 19.3 Å². The van der Waals surface area contributed by atoms with Crippen molar-refractivity contribution in [3.63, 3.8) is 0 Å². The number of amides is 1. The predicted octanol–water partition coefficient (Wildman–Crippen LogP) is 0.932. The van der Waals surface area contributed by atoms with Crippen molar-refractivity contribution in [1.82, 2.24) is 9.88 Å². The average Bonchev–Trinajstić information content (AvgIpc) is 2.40. The highest BCUT2D eigenvalue weighted by molar-refractivity contribution is 5.93. The van der Waals surface area contributed by atoms with Crippen molar-refractivity contribution in [2.75, 3.05) is 19.8 Å². The summed E-state index contributed by atoms with van der Waals surface area (Å²) in [5, 5.41) is 2.91. The SMILES string of the molecule is Cn1ccc(C(=O)NCC2(C)CCOCC2)cc1=O. The van der Waals surface area contributed by atoms with Gasteiger partial charge in [-0.3, -0.25) is 9.59 Å². The molecule has 0 aliphatic carbocycles. The number of hydrogen-bond acceptors (Lipinski definition) is 3. The van der Waals surface area contributed by atoms with Crippen molar-refractivity contribution in [2.24, 2.45) is 12.5 Å². The molecule has 2 heterocycles. The van der Waals surface area contributed by atoms with Crippen LogP contribution in [0.3, 0.4) is 0 Å². The Bertz CT molecular complexity index is 516. The largest absolute Gasteiger partial charge is 0.381 e. The van der Waals surface area contributed by atoms with Crippen molar-refractivity contribution >= 4 is 5.91 Å². The second-order valence-electron chi connectivity index (χ2n) is 5.47. The quantitative estimate of drug-likeness (QED) is 0.883. The van der Waals surface area contributed by atoms with E-state index in [1.807, 2.05) is 0 Å². The molecule has 0 atom stereocenters. The molecule has 1 aliphatic heterocycles. The Kier molecular flexibility index (Phi) is 4.04. The Labute approximate surface area is 112 Å². The van der Waals surface area contributed by atoms with Gasteiger partial charge in [-0.25, -0.2) is 0 Å². The lowest BCUT2D eigenvalue weighted by atomic mass is 9.82. The van der Waals surface area contributed by atoms with Crippen LogP contribution in [-0.4, -0.2) is 30.2 Å². The number of carbonyl (C=O) groups excluding carboxylic acids is 1. The van der Waals surface area contributed by atoms with E-state index in [4.69, 9.17) is 4.74 Å². The molecule has 1 amide bonds. The number of hydrogen-bond donors (Lipinski definition) is 1. The minimum Gasteiger partial charge on any atom is -0.381 e. The smallest absolute Gasteiger partial charge is 0.251 e. The molecule has 104 valence electrons. The summed E-state index contributed by atoms with van der Waals surface area (Å²) in [5.41, 5.74) is 0.330. The number of nitrogens with one attached hydrogen (secondary N) is 1. The fourth-order valence-corrected chi connectivity index (χ4v) is 2.13. The van der Waals surface area contributed by atoms with Gasteiger partial charge in [0.1, 0.15) is 0 Å². The number of pyridine rings is 1. The third-order valence-electron chi connectivity index (χ3n) is 3.74. The summed E-state index contributed by atoms with van der Waals surface area (Å²) in [6.45, 7) is 4.26. The van der Waals surface area contributed by atoms with Gasteiger partial charge in [-0.2, -0.15) is 0 Å². The minimum atomic E-state index is -0.189. The molecule has 19 heavy (non-hydrogen) atoms. The fraction of sp³-hybridized carbons (Fsp3) is 0.571. The summed E-state index contributed by atoms with van der Waals surface area (Å²) in [4.78, 5) is 23.5. The molecule has 1 aromatic rings.